The number of hydrogen-bond acceptors (Lipinski definition) is 6. The molecule has 4 aromatic carbocycles. The number of rotatable bonds is 10. The second kappa shape index (κ2) is 13.8. The highest BCUT2D eigenvalue weighted by molar-refractivity contribution is 6.10. The third-order valence-electron chi connectivity index (χ3n) is 8.04. The van der Waals surface area contributed by atoms with Crippen molar-refractivity contribution in [2.75, 3.05) is 17.2 Å². The predicted octanol–water partition coefficient (Wildman–Crippen LogP) is 6.29. The van der Waals surface area contributed by atoms with E-state index in [1.165, 1.54) is 6.92 Å². The highest BCUT2D eigenvalue weighted by Gasteiger charge is 2.56. The number of ketones is 1. The van der Waals surface area contributed by atoms with Crippen molar-refractivity contribution in [3.63, 3.8) is 0 Å². The fourth-order valence-electron chi connectivity index (χ4n) is 6.06. The van der Waals surface area contributed by atoms with Gasteiger partial charge in [0, 0.05) is 23.7 Å². The number of benzene rings is 4. The van der Waals surface area contributed by atoms with Crippen molar-refractivity contribution < 1.29 is 29.0 Å². The molecule has 0 spiro atoms. The fourth-order valence-corrected chi connectivity index (χ4v) is 6.06. The smallest absolute Gasteiger partial charge is 0.235 e. The maximum Gasteiger partial charge on any atom is 0.235 e. The number of hydrogen-bond donors (Lipinski definition) is 3. The summed E-state index contributed by atoms with van der Waals surface area (Å²) in [5, 5.41) is 17.4. The summed E-state index contributed by atoms with van der Waals surface area (Å²) in [6, 6.07) is 30.9. The average Bonchev–Trinajstić information content (AvgIpc) is 3.00. The SMILES string of the molecule is CCOc1cc(C2C(C(=O)Nc3ccccc3)C(=O)CC(C)(O)C2C(=O)Nc2ccccc2)ccc1OCc1cccc(C)c1. The van der Waals surface area contributed by atoms with Crippen molar-refractivity contribution in [1.82, 2.24) is 0 Å². The molecular weight excluding hydrogens is 568 g/mol. The zero-order valence-electron chi connectivity index (χ0n) is 25.7. The second-order valence-electron chi connectivity index (χ2n) is 11.6. The van der Waals surface area contributed by atoms with Crippen molar-refractivity contribution >= 4 is 29.0 Å². The van der Waals surface area contributed by atoms with Gasteiger partial charge in [-0.3, -0.25) is 14.4 Å². The lowest BCUT2D eigenvalue weighted by atomic mass is 9.61. The van der Waals surface area contributed by atoms with E-state index in [0.717, 1.165) is 11.1 Å². The van der Waals surface area contributed by atoms with Gasteiger partial charge in [0.1, 0.15) is 18.3 Å². The van der Waals surface area contributed by atoms with Crippen LogP contribution in [0.25, 0.3) is 0 Å². The van der Waals surface area contributed by atoms with Gasteiger partial charge in [-0.2, -0.15) is 0 Å². The van der Waals surface area contributed by atoms with Gasteiger partial charge in [-0.1, -0.05) is 72.3 Å². The van der Waals surface area contributed by atoms with Crippen LogP contribution < -0.4 is 20.1 Å². The van der Waals surface area contributed by atoms with Gasteiger partial charge in [0.25, 0.3) is 0 Å². The summed E-state index contributed by atoms with van der Waals surface area (Å²) in [4.78, 5) is 41.6. The number of amides is 2. The predicted molar refractivity (Wildman–Crippen MR) is 173 cm³/mol. The number of aryl methyl sites for hydroxylation is 1. The number of nitrogens with one attached hydrogen (secondary N) is 2. The summed E-state index contributed by atoms with van der Waals surface area (Å²) in [5.74, 6) is -4.06. The van der Waals surface area contributed by atoms with Crippen LogP contribution in [0.4, 0.5) is 11.4 Å². The van der Waals surface area contributed by atoms with E-state index in [0.29, 0.717) is 41.7 Å². The molecule has 3 N–H and O–H groups in total. The Kier molecular flexibility index (Phi) is 9.64. The van der Waals surface area contributed by atoms with Crippen LogP contribution in [0.3, 0.4) is 0 Å². The molecule has 0 bridgehead atoms. The van der Waals surface area contributed by atoms with Crippen molar-refractivity contribution in [3.8, 4) is 11.5 Å². The van der Waals surface area contributed by atoms with Gasteiger partial charge in [0.15, 0.2) is 11.5 Å². The topological polar surface area (TPSA) is 114 Å². The summed E-state index contributed by atoms with van der Waals surface area (Å²) in [7, 11) is 0. The fraction of sp³-hybridized carbons (Fsp3) is 0.270. The monoisotopic (exact) mass is 606 g/mol. The highest BCUT2D eigenvalue weighted by Crippen LogP contribution is 2.48. The Morgan fingerprint density at radius 1 is 0.822 bits per heavy atom. The van der Waals surface area contributed by atoms with Crippen LogP contribution in [0, 0.1) is 18.8 Å². The van der Waals surface area contributed by atoms with Gasteiger partial charge in [-0.25, -0.2) is 0 Å². The van der Waals surface area contributed by atoms with Gasteiger partial charge in [-0.05, 0) is 68.3 Å². The number of carbonyl (C=O) groups excluding carboxylic acids is 3. The maximum absolute atomic E-state index is 14.0. The summed E-state index contributed by atoms with van der Waals surface area (Å²) in [6.07, 6.45) is -0.362. The Hall–Kier alpha value is -4.95. The molecule has 1 fully saturated rings. The minimum atomic E-state index is -1.74. The molecule has 0 aliphatic heterocycles. The molecule has 1 saturated carbocycles. The minimum absolute atomic E-state index is 0.307. The van der Waals surface area contributed by atoms with Crippen LogP contribution in [0.15, 0.2) is 103 Å². The van der Waals surface area contributed by atoms with Crippen molar-refractivity contribution in [2.45, 2.75) is 45.3 Å². The van der Waals surface area contributed by atoms with Crippen LogP contribution in [-0.2, 0) is 21.0 Å². The number of Topliss-reactive ketones (excluding diaryl/α,β-unsaturated/α-hetero) is 1. The van der Waals surface area contributed by atoms with Gasteiger partial charge < -0.3 is 25.2 Å². The molecule has 8 heteroatoms. The van der Waals surface area contributed by atoms with Crippen molar-refractivity contribution in [1.29, 1.82) is 0 Å². The van der Waals surface area contributed by atoms with Crippen LogP contribution in [0.2, 0.25) is 0 Å². The maximum atomic E-state index is 14.0. The zero-order chi connectivity index (χ0) is 32.0. The Morgan fingerprint density at radius 3 is 2.09 bits per heavy atom. The molecule has 4 aromatic rings. The first kappa shape index (κ1) is 31.5. The van der Waals surface area contributed by atoms with Gasteiger partial charge in [0.05, 0.1) is 18.1 Å². The van der Waals surface area contributed by atoms with Gasteiger partial charge in [-0.15, -0.1) is 0 Å². The summed E-state index contributed by atoms with van der Waals surface area (Å²) in [6.45, 7) is 5.97. The quantitative estimate of drug-likeness (QED) is 0.183. The molecular formula is C37H38N2O6. The van der Waals surface area contributed by atoms with Crippen LogP contribution in [-0.4, -0.2) is 34.9 Å². The Balaban J connectivity index is 1.56. The molecule has 4 unspecified atom stereocenters. The number of anilines is 2. The standard InChI is InChI=1S/C37H38N2O6/c1-4-44-31-21-26(18-19-30(31)45-23-25-13-11-12-24(2)20-25)32-33(35(41)38-27-14-7-5-8-15-27)29(40)22-37(3,43)34(32)36(42)39-28-16-9-6-10-17-28/h5-21,32-34,43H,4,22-23H2,1-3H3,(H,38,41)(H,39,42). The van der Waals surface area contributed by atoms with Gasteiger partial charge in [0.2, 0.25) is 11.8 Å². The number of ether oxygens (including phenoxy) is 2. The third-order valence-corrected chi connectivity index (χ3v) is 8.04. The minimum Gasteiger partial charge on any atom is -0.490 e. The molecule has 1 aliphatic rings. The molecule has 0 saturated heterocycles. The van der Waals surface area contributed by atoms with Gasteiger partial charge >= 0.3 is 0 Å². The average molecular weight is 607 g/mol. The van der Waals surface area contributed by atoms with E-state index in [4.69, 9.17) is 9.47 Å². The van der Waals surface area contributed by atoms with Crippen molar-refractivity contribution in [2.24, 2.45) is 11.8 Å². The first-order chi connectivity index (χ1) is 21.7. The van der Waals surface area contributed by atoms with Crippen molar-refractivity contribution in [3.05, 3.63) is 120 Å². The van der Waals surface area contributed by atoms with E-state index in [2.05, 4.69) is 10.6 Å². The molecule has 5 rings (SSSR count). The Labute approximate surface area is 263 Å². The van der Waals surface area contributed by atoms with E-state index in [9.17, 15) is 19.5 Å². The second-order valence-corrected chi connectivity index (χ2v) is 11.6. The molecule has 232 valence electrons. The number of carbonyl (C=O) groups is 3. The van der Waals surface area contributed by atoms with E-state index in [-0.39, 0.29) is 6.42 Å². The lowest BCUT2D eigenvalue weighted by Crippen LogP contribution is -2.56. The number of aliphatic hydroxyl groups is 1. The van der Waals surface area contributed by atoms with Crippen LogP contribution in [0.1, 0.15) is 42.9 Å². The lowest BCUT2D eigenvalue weighted by Gasteiger charge is -2.44. The highest BCUT2D eigenvalue weighted by atomic mass is 16.5. The molecule has 0 radical (unpaired) electrons. The van der Waals surface area contributed by atoms with E-state index in [1.54, 1.807) is 66.7 Å². The molecule has 45 heavy (non-hydrogen) atoms. The Bertz CT molecular complexity index is 1650. The lowest BCUT2D eigenvalue weighted by molar-refractivity contribution is -0.150. The zero-order valence-corrected chi connectivity index (χ0v) is 25.7. The normalized spacial score (nSPS) is 21.1. The molecule has 0 heterocycles. The summed E-state index contributed by atoms with van der Waals surface area (Å²) < 4.78 is 12.1. The molecule has 4 atom stereocenters. The largest absolute Gasteiger partial charge is 0.490 e. The number of para-hydroxylation sites is 2. The van der Waals surface area contributed by atoms with E-state index >= 15 is 0 Å². The first-order valence-corrected chi connectivity index (χ1v) is 15.1. The summed E-state index contributed by atoms with van der Waals surface area (Å²) >= 11 is 0. The van der Waals surface area contributed by atoms with E-state index in [1.807, 2.05) is 50.2 Å². The Morgan fingerprint density at radius 2 is 1.47 bits per heavy atom. The van der Waals surface area contributed by atoms with E-state index < -0.39 is 41.0 Å². The van der Waals surface area contributed by atoms with Crippen LogP contribution in [0.5, 0.6) is 11.5 Å². The first-order valence-electron chi connectivity index (χ1n) is 15.1. The summed E-state index contributed by atoms with van der Waals surface area (Å²) in [5.41, 5.74) is 1.92. The molecule has 0 aromatic heterocycles. The molecule has 1 aliphatic carbocycles. The van der Waals surface area contributed by atoms with Crippen LogP contribution >= 0.6 is 0 Å². The molecule has 2 amide bonds. The third kappa shape index (κ3) is 7.41. The molecule has 8 nitrogen and oxygen atoms in total.